The highest BCUT2D eigenvalue weighted by atomic mass is 16.5. The Bertz CT molecular complexity index is 1490. The monoisotopic (exact) mass is 631 g/mol. The molecular weight excluding hydrogens is 582 g/mol. The molecule has 3 atom stereocenters. The van der Waals surface area contributed by atoms with E-state index < -0.39 is 22.3 Å². The van der Waals surface area contributed by atoms with Crippen molar-refractivity contribution in [2.75, 3.05) is 13.2 Å². The predicted molar refractivity (Wildman–Crippen MR) is 175 cm³/mol. The average molecular weight is 632 g/mol. The van der Waals surface area contributed by atoms with Gasteiger partial charge >= 0.3 is 5.97 Å². The molecule has 1 N–H and O–H groups in total. The van der Waals surface area contributed by atoms with E-state index in [4.69, 9.17) is 4.74 Å². The molecule has 0 bridgehead atoms. The van der Waals surface area contributed by atoms with Gasteiger partial charge in [0.25, 0.3) is 5.91 Å². The molecule has 1 aliphatic carbocycles. The van der Waals surface area contributed by atoms with E-state index in [0.29, 0.717) is 37.1 Å². The van der Waals surface area contributed by atoms with Crippen LogP contribution in [-0.4, -0.2) is 56.7 Å². The van der Waals surface area contributed by atoms with Gasteiger partial charge in [0.05, 0.1) is 36.2 Å². The summed E-state index contributed by atoms with van der Waals surface area (Å²) in [6, 6.07) is 10.2. The third-order valence-corrected chi connectivity index (χ3v) is 10.3. The van der Waals surface area contributed by atoms with Crippen molar-refractivity contribution in [3.8, 4) is 0 Å². The van der Waals surface area contributed by atoms with Crippen molar-refractivity contribution in [2.24, 2.45) is 22.7 Å². The maximum atomic E-state index is 13.0. The minimum Gasteiger partial charge on any atom is -0.466 e. The number of imide groups is 1. The number of hydrogen-bond acceptors (Lipinski definition) is 7. The van der Waals surface area contributed by atoms with Crippen LogP contribution >= 0.6 is 0 Å². The number of likely N-dealkylation sites (tertiary alicyclic amines) is 1. The fourth-order valence-corrected chi connectivity index (χ4v) is 6.47. The quantitative estimate of drug-likeness (QED) is 0.160. The van der Waals surface area contributed by atoms with Gasteiger partial charge in [-0.25, -0.2) is 4.68 Å². The first-order valence-corrected chi connectivity index (χ1v) is 16.2. The topological polar surface area (TPSA) is 123 Å². The van der Waals surface area contributed by atoms with Gasteiger partial charge in [0.1, 0.15) is 5.69 Å². The Morgan fingerprint density at radius 3 is 2.48 bits per heavy atom. The Morgan fingerprint density at radius 2 is 1.83 bits per heavy atom. The summed E-state index contributed by atoms with van der Waals surface area (Å²) >= 11 is 0. The van der Waals surface area contributed by atoms with Crippen LogP contribution in [0.4, 0.5) is 0 Å². The molecule has 248 valence electrons. The SMILES string of the molecule is C=CC1CC=C2C(=O)N(CCCC(=O)NCc3cn(C(C)(C)C(CC(C)(C)C(C)(C)C(=O)OCC)c4ccccc4)nn3)C(=O)C21. The summed E-state index contributed by atoms with van der Waals surface area (Å²) in [5.41, 5.74) is 0.600. The van der Waals surface area contributed by atoms with Gasteiger partial charge < -0.3 is 10.1 Å². The third-order valence-electron chi connectivity index (χ3n) is 10.3. The Labute approximate surface area is 272 Å². The Balaban J connectivity index is 1.39. The Morgan fingerprint density at radius 1 is 1.13 bits per heavy atom. The maximum Gasteiger partial charge on any atom is 0.312 e. The van der Waals surface area contributed by atoms with Gasteiger partial charge in [-0.2, -0.15) is 0 Å². The second-order valence-corrected chi connectivity index (χ2v) is 14.2. The molecular formula is C36H49N5O5. The number of nitrogens with one attached hydrogen (secondary N) is 1. The number of benzene rings is 1. The van der Waals surface area contributed by atoms with Crippen LogP contribution in [0, 0.1) is 22.7 Å². The van der Waals surface area contributed by atoms with Gasteiger partial charge in [0.2, 0.25) is 11.8 Å². The molecule has 4 rings (SSSR count). The Kier molecular flexibility index (Phi) is 10.4. The largest absolute Gasteiger partial charge is 0.466 e. The molecule has 1 aromatic heterocycles. The average Bonchev–Trinajstić information content (AvgIpc) is 3.73. The van der Waals surface area contributed by atoms with Crippen molar-refractivity contribution in [1.82, 2.24) is 25.2 Å². The molecule has 1 aliphatic heterocycles. The fourth-order valence-electron chi connectivity index (χ4n) is 6.47. The summed E-state index contributed by atoms with van der Waals surface area (Å²) in [4.78, 5) is 52.5. The first-order valence-electron chi connectivity index (χ1n) is 16.2. The Hall–Kier alpha value is -4.08. The molecule has 0 saturated carbocycles. The fraction of sp³-hybridized carbons (Fsp3) is 0.556. The number of rotatable bonds is 15. The van der Waals surface area contributed by atoms with Gasteiger partial charge in [-0.3, -0.25) is 24.1 Å². The standard InChI is InChI=1S/C36H49N5O5/c1-9-24-18-19-27-30(24)32(44)40(31(27)43)20-14-17-29(42)37-22-26-23-41(39-38-26)36(7,8)28(25-15-12-11-13-16-25)21-34(3,4)35(5,6)33(45)46-10-2/h9,11-13,15-16,19,23-24,28,30H,1,10,14,17-18,20-22H2,2-8H3,(H,37,42). The molecule has 2 aromatic rings. The van der Waals surface area contributed by atoms with E-state index in [2.05, 4.69) is 62.0 Å². The highest BCUT2D eigenvalue weighted by Gasteiger charge is 2.49. The molecule has 10 heteroatoms. The van der Waals surface area contributed by atoms with Crippen LogP contribution in [0.5, 0.6) is 0 Å². The van der Waals surface area contributed by atoms with Gasteiger partial charge in [-0.05, 0) is 70.8 Å². The number of fused-ring (bicyclic) bond motifs is 1. The van der Waals surface area contributed by atoms with Gasteiger partial charge in [0.15, 0.2) is 0 Å². The van der Waals surface area contributed by atoms with Crippen molar-refractivity contribution in [3.63, 3.8) is 0 Å². The minimum atomic E-state index is -0.733. The van der Waals surface area contributed by atoms with E-state index in [1.165, 1.54) is 4.90 Å². The highest BCUT2D eigenvalue weighted by Crippen LogP contribution is 2.50. The van der Waals surface area contributed by atoms with Crippen molar-refractivity contribution in [1.29, 1.82) is 0 Å². The number of amides is 3. The summed E-state index contributed by atoms with van der Waals surface area (Å²) in [7, 11) is 0. The van der Waals surface area contributed by atoms with E-state index in [1.807, 2.05) is 55.9 Å². The van der Waals surface area contributed by atoms with E-state index in [-0.39, 0.29) is 55.0 Å². The highest BCUT2D eigenvalue weighted by molar-refractivity contribution is 6.15. The molecule has 1 aromatic carbocycles. The van der Waals surface area contributed by atoms with Crippen LogP contribution in [0.15, 0.2) is 60.8 Å². The molecule has 3 amide bonds. The van der Waals surface area contributed by atoms with Crippen LogP contribution in [0.2, 0.25) is 0 Å². The lowest BCUT2D eigenvalue weighted by Gasteiger charge is -2.45. The van der Waals surface area contributed by atoms with Crippen molar-refractivity contribution < 1.29 is 23.9 Å². The number of esters is 1. The number of carbonyl (C=O) groups excluding carboxylic acids is 4. The zero-order valence-electron chi connectivity index (χ0n) is 28.3. The van der Waals surface area contributed by atoms with Gasteiger partial charge in [-0.15, -0.1) is 11.7 Å². The molecule has 1 fully saturated rings. The molecule has 2 heterocycles. The molecule has 0 radical (unpaired) electrons. The van der Waals surface area contributed by atoms with Crippen LogP contribution in [0.25, 0.3) is 0 Å². The van der Waals surface area contributed by atoms with E-state index >= 15 is 0 Å². The molecule has 2 aliphatic rings. The summed E-state index contributed by atoms with van der Waals surface area (Å²) in [5, 5.41) is 11.7. The predicted octanol–water partition coefficient (Wildman–Crippen LogP) is 5.32. The number of ether oxygens (including phenoxy) is 1. The van der Waals surface area contributed by atoms with Crippen LogP contribution in [0.3, 0.4) is 0 Å². The smallest absolute Gasteiger partial charge is 0.312 e. The van der Waals surface area contributed by atoms with Crippen molar-refractivity contribution in [2.45, 2.75) is 92.2 Å². The molecule has 3 unspecified atom stereocenters. The lowest BCUT2D eigenvalue weighted by Crippen LogP contribution is -2.45. The van der Waals surface area contributed by atoms with E-state index in [0.717, 1.165) is 5.56 Å². The zero-order valence-corrected chi connectivity index (χ0v) is 28.3. The number of allylic oxidation sites excluding steroid dienone is 2. The lowest BCUT2D eigenvalue weighted by molar-refractivity contribution is -0.161. The maximum absolute atomic E-state index is 13.0. The normalized spacial score (nSPS) is 19.1. The molecule has 0 spiro atoms. The van der Waals surface area contributed by atoms with Crippen molar-refractivity contribution in [3.05, 3.63) is 72.1 Å². The first kappa shape index (κ1) is 34.8. The summed E-state index contributed by atoms with van der Waals surface area (Å²) in [6.07, 6.45) is 7.32. The minimum absolute atomic E-state index is 0.0328. The zero-order chi connectivity index (χ0) is 33.9. The summed E-state index contributed by atoms with van der Waals surface area (Å²) in [6.45, 7) is 18.7. The number of hydrogen-bond donors (Lipinski definition) is 1. The second-order valence-electron chi connectivity index (χ2n) is 14.2. The second kappa shape index (κ2) is 13.7. The first-order chi connectivity index (χ1) is 21.7. The van der Waals surface area contributed by atoms with Crippen LogP contribution in [-0.2, 0) is 36.0 Å². The summed E-state index contributed by atoms with van der Waals surface area (Å²) in [5.74, 6) is -1.36. The van der Waals surface area contributed by atoms with E-state index in [1.54, 1.807) is 6.08 Å². The van der Waals surface area contributed by atoms with Crippen LogP contribution in [0.1, 0.15) is 91.3 Å². The third kappa shape index (κ3) is 6.86. The molecule has 10 nitrogen and oxygen atoms in total. The summed E-state index contributed by atoms with van der Waals surface area (Å²) < 4.78 is 7.28. The van der Waals surface area contributed by atoms with E-state index in [9.17, 15) is 19.2 Å². The number of nitrogens with zero attached hydrogens (tertiary/aromatic N) is 4. The molecule has 1 saturated heterocycles. The van der Waals surface area contributed by atoms with Crippen LogP contribution < -0.4 is 5.32 Å². The number of aromatic nitrogens is 3. The number of carbonyl (C=O) groups is 4. The molecule has 46 heavy (non-hydrogen) atoms. The lowest BCUT2D eigenvalue weighted by atomic mass is 9.61. The van der Waals surface area contributed by atoms with Gasteiger partial charge in [0, 0.05) is 24.5 Å². The van der Waals surface area contributed by atoms with Crippen molar-refractivity contribution >= 4 is 23.7 Å². The van der Waals surface area contributed by atoms with Gasteiger partial charge in [-0.1, -0.05) is 61.5 Å².